The number of nitrogens with zero attached hydrogens (tertiary/aromatic N) is 1. The first-order valence-electron chi connectivity index (χ1n) is 8.84. The SMILES string of the molecule is CNC(=O)c1ccc(CN(C)C(=O)CCCOc2ccc(Cl)c(C)c2)cc1. The number of rotatable bonds is 8. The third-order valence-electron chi connectivity index (χ3n) is 4.22. The topological polar surface area (TPSA) is 58.6 Å². The Morgan fingerprint density at radius 2 is 1.85 bits per heavy atom. The summed E-state index contributed by atoms with van der Waals surface area (Å²) in [6.07, 6.45) is 1.06. The molecule has 0 saturated carbocycles. The fourth-order valence-corrected chi connectivity index (χ4v) is 2.70. The Morgan fingerprint density at radius 1 is 1.15 bits per heavy atom. The summed E-state index contributed by atoms with van der Waals surface area (Å²) in [4.78, 5) is 25.5. The van der Waals surface area contributed by atoms with Crippen LogP contribution in [0.2, 0.25) is 5.02 Å². The Kier molecular flexibility index (Phi) is 7.67. The number of carbonyl (C=O) groups excluding carboxylic acids is 2. The zero-order valence-corrected chi connectivity index (χ0v) is 16.7. The Morgan fingerprint density at radius 3 is 2.48 bits per heavy atom. The second-order valence-corrected chi connectivity index (χ2v) is 6.80. The molecular formula is C21H25ClN2O3. The van der Waals surface area contributed by atoms with Crippen molar-refractivity contribution in [3.05, 3.63) is 64.2 Å². The molecule has 0 atom stereocenters. The summed E-state index contributed by atoms with van der Waals surface area (Å²) in [7, 11) is 3.37. The average Bonchev–Trinajstić information content (AvgIpc) is 2.67. The zero-order valence-electron chi connectivity index (χ0n) is 15.9. The minimum Gasteiger partial charge on any atom is -0.494 e. The van der Waals surface area contributed by atoms with E-state index in [1.54, 1.807) is 37.2 Å². The van der Waals surface area contributed by atoms with Gasteiger partial charge in [0.05, 0.1) is 6.61 Å². The van der Waals surface area contributed by atoms with Crippen molar-refractivity contribution in [2.75, 3.05) is 20.7 Å². The third-order valence-corrected chi connectivity index (χ3v) is 4.65. The number of nitrogens with one attached hydrogen (secondary N) is 1. The van der Waals surface area contributed by atoms with Crippen LogP contribution >= 0.6 is 11.6 Å². The normalized spacial score (nSPS) is 10.4. The van der Waals surface area contributed by atoms with E-state index in [9.17, 15) is 9.59 Å². The summed E-state index contributed by atoms with van der Waals surface area (Å²) in [6.45, 7) is 2.90. The van der Waals surface area contributed by atoms with Crippen LogP contribution in [0.15, 0.2) is 42.5 Å². The fraction of sp³-hybridized carbons (Fsp3) is 0.333. The maximum absolute atomic E-state index is 12.3. The third kappa shape index (κ3) is 6.29. The molecular weight excluding hydrogens is 364 g/mol. The van der Waals surface area contributed by atoms with E-state index in [-0.39, 0.29) is 11.8 Å². The molecule has 144 valence electrons. The number of carbonyl (C=O) groups is 2. The van der Waals surface area contributed by atoms with E-state index in [0.29, 0.717) is 36.6 Å². The maximum atomic E-state index is 12.3. The van der Waals surface area contributed by atoms with Gasteiger partial charge in [-0.05, 0) is 54.8 Å². The number of hydrogen-bond acceptors (Lipinski definition) is 3. The molecule has 0 aliphatic heterocycles. The highest BCUT2D eigenvalue weighted by Gasteiger charge is 2.10. The molecule has 0 bridgehead atoms. The summed E-state index contributed by atoms with van der Waals surface area (Å²) in [5.74, 6) is 0.692. The highest BCUT2D eigenvalue weighted by Crippen LogP contribution is 2.21. The molecule has 2 aromatic rings. The molecule has 0 aromatic heterocycles. The highest BCUT2D eigenvalue weighted by molar-refractivity contribution is 6.31. The second-order valence-electron chi connectivity index (χ2n) is 6.39. The maximum Gasteiger partial charge on any atom is 0.251 e. The first kappa shape index (κ1) is 20.8. The van der Waals surface area contributed by atoms with Crippen molar-refractivity contribution in [2.45, 2.75) is 26.3 Å². The van der Waals surface area contributed by atoms with E-state index in [2.05, 4.69) is 5.32 Å². The summed E-state index contributed by atoms with van der Waals surface area (Å²) >= 11 is 5.99. The molecule has 0 aliphatic rings. The first-order valence-corrected chi connectivity index (χ1v) is 9.22. The molecule has 0 radical (unpaired) electrons. The summed E-state index contributed by atoms with van der Waals surface area (Å²) < 4.78 is 5.67. The van der Waals surface area contributed by atoms with Gasteiger partial charge in [-0.1, -0.05) is 23.7 Å². The standard InChI is InChI=1S/C21H25ClN2O3/c1-15-13-18(10-11-19(15)22)27-12-4-5-20(25)24(3)14-16-6-8-17(9-7-16)21(26)23-2/h6-11,13H,4-5,12,14H2,1-3H3,(H,23,26). The molecule has 2 aromatic carbocycles. The highest BCUT2D eigenvalue weighted by atomic mass is 35.5. The van der Waals surface area contributed by atoms with E-state index >= 15 is 0 Å². The van der Waals surface area contributed by atoms with Crippen molar-refractivity contribution >= 4 is 23.4 Å². The van der Waals surface area contributed by atoms with Gasteiger partial charge >= 0.3 is 0 Å². The van der Waals surface area contributed by atoms with Gasteiger partial charge in [0.2, 0.25) is 5.91 Å². The molecule has 2 amide bonds. The molecule has 5 nitrogen and oxygen atoms in total. The predicted molar refractivity (Wildman–Crippen MR) is 107 cm³/mol. The molecule has 0 fully saturated rings. The minimum atomic E-state index is -0.123. The van der Waals surface area contributed by atoms with E-state index in [1.165, 1.54) is 0 Å². The van der Waals surface area contributed by atoms with Crippen LogP contribution in [0, 0.1) is 6.92 Å². The van der Waals surface area contributed by atoms with Gasteiger partial charge in [-0.3, -0.25) is 9.59 Å². The lowest BCUT2D eigenvalue weighted by Crippen LogP contribution is -2.26. The smallest absolute Gasteiger partial charge is 0.251 e. The van der Waals surface area contributed by atoms with Crippen LogP contribution in [0.3, 0.4) is 0 Å². The molecule has 1 N–H and O–H groups in total. The fourth-order valence-electron chi connectivity index (χ4n) is 2.58. The van der Waals surface area contributed by atoms with Gasteiger partial charge < -0.3 is 15.0 Å². The van der Waals surface area contributed by atoms with Gasteiger partial charge in [-0.15, -0.1) is 0 Å². The summed E-state index contributed by atoms with van der Waals surface area (Å²) in [5, 5.41) is 3.29. The largest absolute Gasteiger partial charge is 0.494 e. The predicted octanol–water partition coefficient (Wildman–Crippen LogP) is 3.83. The molecule has 0 saturated heterocycles. The Bertz CT molecular complexity index is 791. The first-order chi connectivity index (χ1) is 12.9. The molecule has 0 aliphatic carbocycles. The van der Waals surface area contributed by atoms with E-state index in [4.69, 9.17) is 16.3 Å². The Hall–Kier alpha value is -2.53. The van der Waals surface area contributed by atoms with Crippen LogP contribution < -0.4 is 10.1 Å². The van der Waals surface area contributed by atoms with Gasteiger partial charge in [0.1, 0.15) is 5.75 Å². The lowest BCUT2D eigenvalue weighted by atomic mass is 10.1. The molecule has 0 heterocycles. The summed E-state index contributed by atoms with van der Waals surface area (Å²) in [5.41, 5.74) is 2.55. The van der Waals surface area contributed by atoms with E-state index in [0.717, 1.165) is 16.9 Å². The van der Waals surface area contributed by atoms with Gasteiger partial charge in [-0.2, -0.15) is 0 Å². The zero-order chi connectivity index (χ0) is 19.8. The van der Waals surface area contributed by atoms with Gasteiger partial charge in [0, 0.05) is 37.6 Å². The Balaban J connectivity index is 1.75. The molecule has 27 heavy (non-hydrogen) atoms. The van der Waals surface area contributed by atoms with Crippen LogP contribution in [0.1, 0.15) is 34.3 Å². The Labute approximate surface area is 165 Å². The minimum absolute atomic E-state index is 0.0567. The number of aryl methyl sites for hydroxylation is 1. The summed E-state index contributed by atoms with van der Waals surface area (Å²) in [6, 6.07) is 12.8. The molecule has 2 rings (SSSR count). The number of benzene rings is 2. The van der Waals surface area contributed by atoms with E-state index < -0.39 is 0 Å². The van der Waals surface area contributed by atoms with Gasteiger partial charge in [-0.25, -0.2) is 0 Å². The van der Waals surface area contributed by atoms with Crippen molar-refractivity contribution in [3.8, 4) is 5.75 Å². The van der Waals surface area contributed by atoms with Gasteiger partial charge in [0.25, 0.3) is 5.91 Å². The van der Waals surface area contributed by atoms with Crippen LogP contribution in [0.5, 0.6) is 5.75 Å². The monoisotopic (exact) mass is 388 g/mol. The average molecular weight is 389 g/mol. The quantitative estimate of drug-likeness (QED) is 0.699. The van der Waals surface area contributed by atoms with Crippen molar-refractivity contribution in [1.29, 1.82) is 0 Å². The van der Waals surface area contributed by atoms with Crippen LogP contribution in [-0.4, -0.2) is 37.4 Å². The van der Waals surface area contributed by atoms with Crippen molar-refractivity contribution in [1.82, 2.24) is 10.2 Å². The lowest BCUT2D eigenvalue weighted by Gasteiger charge is -2.17. The van der Waals surface area contributed by atoms with E-state index in [1.807, 2.05) is 31.2 Å². The number of ether oxygens (including phenoxy) is 1. The van der Waals surface area contributed by atoms with Crippen LogP contribution in [0.25, 0.3) is 0 Å². The van der Waals surface area contributed by atoms with Crippen LogP contribution in [-0.2, 0) is 11.3 Å². The van der Waals surface area contributed by atoms with Crippen LogP contribution in [0.4, 0.5) is 0 Å². The number of amides is 2. The van der Waals surface area contributed by atoms with Gasteiger partial charge in [0.15, 0.2) is 0 Å². The molecule has 6 heteroatoms. The van der Waals surface area contributed by atoms with Crippen molar-refractivity contribution in [2.24, 2.45) is 0 Å². The number of hydrogen-bond donors (Lipinski definition) is 1. The molecule has 0 spiro atoms. The number of halogens is 1. The second kappa shape index (κ2) is 9.97. The van der Waals surface area contributed by atoms with Crippen molar-refractivity contribution < 1.29 is 14.3 Å². The molecule has 0 unspecified atom stereocenters. The van der Waals surface area contributed by atoms with Crippen molar-refractivity contribution in [3.63, 3.8) is 0 Å². The lowest BCUT2D eigenvalue weighted by molar-refractivity contribution is -0.130.